The van der Waals surface area contributed by atoms with Gasteiger partial charge in [0.2, 0.25) is 0 Å². The standard InChI is InChI=1S/C20H28N4O2/c1-5-21-6-2-18(1)14-26-15-19-11-23(10-17-3-7-25-8-4-17)13-20-9-22-16-24(20)12-19/h1-2,5-6,9,16-17,19H,3-4,7-8,10-15H2/t19-/m1/s1. The van der Waals surface area contributed by atoms with Gasteiger partial charge in [0.15, 0.2) is 0 Å². The highest BCUT2D eigenvalue weighted by atomic mass is 16.5. The molecular weight excluding hydrogens is 328 g/mol. The molecule has 4 rings (SSSR count). The van der Waals surface area contributed by atoms with Crippen molar-refractivity contribution in [1.29, 1.82) is 0 Å². The highest BCUT2D eigenvalue weighted by Gasteiger charge is 2.25. The average molecular weight is 356 g/mol. The highest BCUT2D eigenvalue weighted by Crippen LogP contribution is 2.22. The predicted octanol–water partition coefficient (Wildman–Crippen LogP) is 2.35. The molecular formula is C20H28N4O2. The van der Waals surface area contributed by atoms with Crippen LogP contribution in [0.1, 0.15) is 24.1 Å². The minimum atomic E-state index is 0.479. The maximum Gasteiger partial charge on any atom is 0.0948 e. The fourth-order valence-electron chi connectivity index (χ4n) is 4.00. The maximum atomic E-state index is 6.04. The van der Waals surface area contributed by atoms with Crippen molar-refractivity contribution in [2.24, 2.45) is 11.8 Å². The first kappa shape index (κ1) is 17.6. The van der Waals surface area contributed by atoms with Crippen LogP contribution in [-0.2, 0) is 29.2 Å². The fraction of sp³-hybridized carbons (Fsp3) is 0.600. The van der Waals surface area contributed by atoms with Crippen LogP contribution in [0.2, 0.25) is 0 Å². The van der Waals surface area contributed by atoms with Crippen LogP contribution in [0.15, 0.2) is 37.1 Å². The SMILES string of the molecule is c1cc(COC[C@@H]2CN(CC3CCOCC3)Cc3cncn3C2)ccn1. The van der Waals surface area contributed by atoms with Gasteiger partial charge in [0, 0.05) is 63.9 Å². The normalized spacial score (nSPS) is 22.1. The van der Waals surface area contributed by atoms with Crippen molar-refractivity contribution < 1.29 is 9.47 Å². The molecule has 2 aromatic heterocycles. The summed E-state index contributed by atoms with van der Waals surface area (Å²) in [4.78, 5) is 11.0. The first-order valence-corrected chi connectivity index (χ1v) is 9.62. The monoisotopic (exact) mass is 356 g/mol. The zero-order chi connectivity index (χ0) is 17.6. The minimum absolute atomic E-state index is 0.479. The van der Waals surface area contributed by atoms with Crippen LogP contribution in [0, 0.1) is 11.8 Å². The Labute approximate surface area is 155 Å². The molecule has 0 bridgehead atoms. The van der Waals surface area contributed by atoms with Gasteiger partial charge in [-0.25, -0.2) is 4.98 Å². The number of hydrogen-bond acceptors (Lipinski definition) is 5. The summed E-state index contributed by atoms with van der Waals surface area (Å²) >= 11 is 0. The van der Waals surface area contributed by atoms with Gasteiger partial charge < -0.3 is 14.0 Å². The van der Waals surface area contributed by atoms with Gasteiger partial charge in [-0.1, -0.05) is 0 Å². The van der Waals surface area contributed by atoms with E-state index in [1.165, 1.54) is 24.1 Å². The molecule has 26 heavy (non-hydrogen) atoms. The van der Waals surface area contributed by atoms with E-state index in [1.807, 2.05) is 37.1 Å². The first-order chi connectivity index (χ1) is 12.9. The number of aromatic nitrogens is 3. The minimum Gasteiger partial charge on any atom is -0.381 e. The lowest BCUT2D eigenvalue weighted by molar-refractivity contribution is 0.0392. The number of ether oxygens (including phenoxy) is 2. The molecule has 1 fully saturated rings. The zero-order valence-corrected chi connectivity index (χ0v) is 15.3. The number of fused-ring (bicyclic) bond motifs is 1. The first-order valence-electron chi connectivity index (χ1n) is 9.62. The molecule has 0 saturated carbocycles. The Hall–Kier alpha value is -1.76. The number of rotatable bonds is 6. The Balaban J connectivity index is 1.35. The summed E-state index contributed by atoms with van der Waals surface area (Å²) in [5, 5.41) is 0. The van der Waals surface area contributed by atoms with Gasteiger partial charge in [-0.3, -0.25) is 9.88 Å². The summed E-state index contributed by atoms with van der Waals surface area (Å²) in [7, 11) is 0. The molecule has 0 radical (unpaired) electrons. The molecule has 1 saturated heterocycles. The van der Waals surface area contributed by atoms with Crippen molar-refractivity contribution in [2.75, 3.05) is 32.9 Å². The molecule has 2 aromatic rings. The van der Waals surface area contributed by atoms with Crippen LogP contribution >= 0.6 is 0 Å². The molecule has 6 heteroatoms. The molecule has 1 atom stereocenters. The van der Waals surface area contributed by atoms with Crippen LogP contribution in [0.3, 0.4) is 0 Å². The molecule has 0 spiro atoms. The Morgan fingerprint density at radius 2 is 1.92 bits per heavy atom. The number of hydrogen-bond donors (Lipinski definition) is 0. The van der Waals surface area contributed by atoms with Crippen LogP contribution in [0.25, 0.3) is 0 Å². The Morgan fingerprint density at radius 1 is 1.08 bits per heavy atom. The van der Waals surface area contributed by atoms with Gasteiger partial charge in [0.1, 0.15) is 0 Å². The van der Waals surface area contributed by atoms with E-state index in [0.717, 1.165) is 51.9 Å². The summed E-state index contributed by atoms with van der Waals surface area (Å²) in [5.74, 6) is 1.23. The molecule has 0 N–H and O–H groups in total. The van der Waals surface area contributed by atoms with Crippen LogP contribution < -0.4 is 0 Å². The predicted molar refractivity (Wildman–Crippen MR) is 98.4 cm³/mol. The highest BCUT2D eigenvalue weighted by molar-refractivity contribution is 5.08. The fourth-order valence-corrected chi connectivity index (χ4v) is 4.00. The Bertz CT molecular complexity index is 669. The van der Waals surface area contributed by atoms with E-state index in [2.05, 4.69) is 19.4 Å². The van der Waals surface area contributed by atoms with Gasteiger partial charge in [0.25, 0.3) is 0 Å². The summed E-state index contributed by atoms with van der Waals surface area (Å²) in [6.45, 7) is 7.43. The van der Waals surface area contributed by atoms with E-state index in [-0.39, 0.29) is 0 Å². The van der Waals surface area contributed by atoms with Crippen LogP contribution in [0.4, 0.5) is 0 Å². The third kappa shape index (κ3) is 4.69. The summed E-state index contributed by atoms with van der Waals surface area (Å²) in [5.41, 5.74) is 2.49. The molecule has 140 valence electrons. The second-order valence-corrected chi connectivity index (χ2v) is 7.52. The van der Waals surface area contributed by atoms with Crippen molar-refractivity contribution >= 4 is 0 Å². The second kappa shape index (κ2) is 8.75. The summed E-state index contributed by atoms with van der Waals surface area (Å²) in [6.07, 6.45) is 9.97. The molecule has 0 aromatic carbocycles. The van der Waals surface area contributed by atoms with E-state index in [1.54, 1.807) is 0 Å². The largest absolute Gasteiger partial charge is 0.381 e. The van der Waals surface area contributed by atoms with E-state index < -0.39 is 0 Å². The Morgan fingerprint density at radius 3 is 2.77 bits per heavy atom. The van der Waals surface area contributed by atoms with E-state index in [0.29, 0.717) is 12.5 Å². The third-order valence-electron chi connectivity index (χ3n) is 5.38. The number of pyridine rings is 1. The molecule has 0 unspecified atom stereocenters. The smallest absolute Gasteiger partial charge is 0.0948 e. The van der Waals surface area contributed by atoms with E-state index in [9.17, 15) is 0 Å². The topological polar surface area (TPSA) is 52.4 Å². The van der Waals surface area contributed by atoms with Gasteiger partial charge in [-0.2, -0.15) is 0 Å². The number of nitrogens with zero attached hydrogens (tertiary/aromatic N) is 4. The summed E-state index contributed by atoms with van der Waals surface area (Å²) < 4.78 is 13.8. The van der Waals surface area contributed by atoms with Gasteiger partial charge in [-0.05, 0) is 36.5 Å². The van der Waals surface area contributed by atoms with Crippen LogP contribution in [-0.4, -0.2) is 52.3 Å². The van der Waals surface area contributed by atoms with Crippen LogP contribution in [0.5, 0.6) is 0 Å². The lowest BCUT2D eigenvalue weighted by Crippen LogP contribution is -2.35. The average Bonchev–Trinajstić information content (AvgIpc) is 3.03. The van der Waals surface area contributed by atoms with E-state index in [4.69, 9.17) is 9.47 Å². The second-order valence-electron chi connectivity index (χ2n) is 7.52. The van der Waals surface area contributed by atoms with Crippen molar-refractivity contribution in [1.82, 2.24) is 19.4 Å². The lowest BCUT2D eigenvalue weighted by Gasteiger charge is -2.30. The van der Waals surface area contributed by atoms with Gasteiger partial charge in [0.05, 0.1) is 25.2 Å². The molecule has 4 heterocycles. The van der Waals surface area contributed by atoms with Gasteiger partial charge in [-0.15, -0.1) is 0 Å². The summed E-state index contributed by atoms with van der Waals surface area (Å²) in [6, 6.07) is 4.02. The molecule has 0 amide bonds. The Kier molecular flexibility index (Phi) is 5.94. The van der Waals surface area contributed by atoms with Gasteiger partial charge >= 0.3 is 0 Å². The molecule has 0 aliphatic carbocycles. The lowest BCUT2D eigenvalue weighted by atomic mass is 9.99. The number of imidazole rings is 1. The zero-order valence-electron chi connectivity index (χ0n) is 15.3. The van der Waals surface area contributed by atoms with E-state index >= 15 is 0 Å². The third-order valence-corrected chi connectivity index (χ3v) is 5.38. The van der Waals surface area contributed by atoms with Crippen molar-refractivity contribution in [3.05, 3.63) is 48.3 Å². The van der Waals surface area contributed by atoms with Crippen molar-refractivity contribution in [2.45, 2.75) is 32.5 Å². The van der Waals surface area contributed by atoms with Crippen molar-refractivity contribution in [3.8, 4) is 0 Å². The molecule has 6 nitrogen and oxygen atoms in total. The maximum absolute atomic E-state index is 6.04. The molecule has 2 aliphatic rings. The molecule has 2 aliphatic heterocycles. The van der Waals surface area contributed by atoms with Crippen molar-refractivity contribution in [3.63, 3.8) is 0 Å². The quantitative estimate of drug-likeness (QED) is 0.795.